The molecule has 0 saturated carbocycles. The molecule has 148 valence electrons. The van der Waals surface area contributed by atoms with Gasteiger partial charge in [-0.3, -0.25) is 4.79 Å². The molecule has 1 atom stereocenters. The number of amides is 1. The first-order chi connectivity index (χ1) is 12.8. The molecule has 1 unspecified atom stereocenters. The summed E-state index contributed by atoms with van der Waals surface area (Å²) in [6, 6.07) is 3.44. The van der Waals surface area contributed by atoms with Gasteiger partial charge in [-0.25, -0.2) is 13.2 Å². The number of fused-ring (bicyclic) bond motifs is 1. The second-order valence-corrected chi connectivity index (χ2v) is 8.74. The van der Waals surface area contributed by atoms with Crippen molar-refractivity contribution in [3.8, 4) is 0 Å². The number of benzene rings is 1. The quantitative estimate of drug-likeness (QED) is 0.652. The number of rotatable bonds is 6. The van der Waals surface area contributed by atoms with E-state index >= 15 is 0 Å². The highest BCUT2D eigenvalue weighted by atomic mass is 32.2. The maximum atomic E-state index is 12.9. The zero-order valence-corrected chi connectivity index (χ0v) is 16.1. The molecule has 10 heteroatoms. The number of hydrogen-bond donors (Lipinski definition) is 3. The van der Waals surface area contributed by atoms with Crippen molar-refractivity contribution in [3.63, 3.8) is 0 Å². The molecule has 2 heterocycles. The van der Waals surface area contributed by atoms with Crippen LogP contribution in [-0.2, 0) is 19.6 Å². The molecule has 0 bridgehead atoms. The van der Waals surface area contributed by atoms with E-state index in [-0.39, 0.29) is 16.7 Å². The normalized spacial score (nSPS) is 16.8. The first-order valence-electron chi connectivity index (χ1n) is 8.87. The van der Waals surface area contributed by atoms with E-state index in [1.165, 1.54) is 18.2 Å². The Morgan fingerprint density at radius 1 is 1.22 bits per heavy atom. The van der Waals surface area contributed by atoms with Gasteiger partial charge in [0.1, 0.15) is 6.04 Å². The minimum Gasteiger partial charge on any atom is -0.378 e. The summed E-state index contributed by atoms with van der Waals surface area (Å²) in [7, 11) is -3.94. The van der Waals surface area contributed by atoms with Crippen LogP contribution < -0.4 is 10.4 Å². The van der Waals surface area contributed by atoms with Crippen LogP contribution in [0.25, 0.3) is 11.0 Å². The maximum Gasteiger partial charge on any atom is 0.323 e. The van der Waals surface area contributed by atoms with Gasteiger partial charge in [0.2, 0.25) is 15.9 Å². The lowest BCUT2D eigenvalue weighted by Gasteiger charge is -2.31. The Balaban J connectivity index is 1.85. The molecule has 3 N–H and O–H groups in total. The molecule has 1 amide bonds. The third-order valence-electron chi connectivity index (χ3n) is 4.42. The second kappa shape index (κ2) is 7.83. The number of sulfonamides is 1. The zero-order chi connectivity index (χ0) is 19.6. The smallest absolute Gasteiger partial charge is 0.323 e. The van der Waals surface area contributed by atoms with Crippen molar-refractivity contribution in [2.75, 3.05) is 26.3 Å². The summed E-state index contributed by atoms with van der Waals surface area (Å²) in [6.45, 7) is 5.67. The monoisotopic (exact) mass is 396 g/mol. The molecule has 27 heavy (non-hydrogen) atoms. The molecule has 0 aliphatic carbocycles. The fraction of sp³-hybridized carbons (Fsp3) is 0.529. The highest BCUT2D eigenvalue weighted by molar-refractivity contribution is 7.89. The summed E-state index contributed by atoms with van der Waals surface area (Å²) in [5.41, 5.74) is 0.498. The van der Waals surface area contributed by atoms with Crippen LogP contribution in [0.2, 0.25) is 0 Å². The number of morpholine rings is 1. The Bertz CT molecular complexity index is 973. The Morgan fingerprint density at radius 3 is 2.56 bits per heavy atom. The predicted molar refractivity (Wildman–Crippen MR) is 99.9 cm³/mol. The maximum absolute atomic E-state index is 12.9. The standard InChI is InChI=1S/C17H24N4O5S/c1-11(2)9-15(16(22)21-5-7-26-8-6-21)20-27(24,25)12-3-4-13-14(10-12)19-17(23)18-13/h3-4,10-11,15,20H,5-9H2,1-2H3,(H2,18,19,23). The van der Waals surface area contributed by atoms with Crippen LogP contribution in [0.15, 0.2) is 27.9 Å². The van der Waals surface area contributed by atoms with Crippen LogP contribution in [0.1, 0.15) is 20.3 Å². The average Bonchev–Trinajstić information content (AvgIpc) is 3.00. The molecule has 3 rings (SSSR count). The van der Waals surface area contributed by atoms with Gasteiger partial charge in [0.25, 0.3) is 0 Å². The van der Waals surface area contributed by atoms with Crippen molar-refractivity contribution < 1.29 is 17.9 Å². The summed E-state index contributed by atoms with van der Waals surface area (Å²) < 4.78 is 33.5. The molecular weight excluding hydrogens is 372 g/mol. The number of carbonyl (C=O) groups excluding carboxylic acids is 1. The first-order valence-corrected chi connectivity index (χ1v) is 10.4. The third kappa shape index (κ3) is 4.57. The van der Waals surface area contributed by atoms with Gasteiger partial charge in [-0.05, 0) is 30.5 Å². The Labute approximate surface area is 157 Å². The number of carbonyl (C=O) groups is 1. The van der Waals surface area contributed by atoms with Gasteiger partial charge in [-0.1, -0.05) is 13.8 Å². The van der Waals surface area contributed by atoms with Crippen molar-refractivity contribution in [1.82, 2.24) is 19.6 Å². The number of aromatic nitrogens is 2. The van der Waals surface area contributed by atoms with Gasteiger partial charge in [-0.2, -0.15) is 4.72 Å². The van der Waals surface area contributed by atoms with E-state index in [9.17, 15) is 18.0 Å². The van der Waals surface area contributed by atoms with Gasteiger partial charge in [-0.15, -0.1) is 0 Å². The number of hydrogen-bond acceptors (Lipinski definition) is 5. The molecule has 1 aliphatic heterocycles. The Hall–Kier alpha value is -2.17. The van der Waals surface area contributed by atoms with E-state index in [1.807, 2.05) is 13.8 Å². The lowest BCUT2D eigenvalue weighted by molar-refractivity contribution is -0.137. The number of nitrogens with zero attached hydrogens (tertiary/aromatic N) is 1. The van der Waals surface area contributed by atoms with E-state index in [0.717, 1.165) is 0 Å². The predicted octanol–water partition coefficient (Wildman–Crippen LogP) is 0.408. The molecular formula is C17H24N4O5S. The first kappa shape index (κ1) is 19.6. The number of nitrogens with one attached hydrogen (secondary N) is 3. The van der Waals surface area contributed by atoms with Crippen molar-refractivity contribution in [2.45, 2.75) is 31.2 Å². The largest absolute Gasteiger partial charge is 0.378 e. The number of aromatic amines is 2. The molecule has 9 nitrogen and oxygen atoms in total. The van der Waals surface area contributed by atoms with Crippen LogP contribution in [0.5, 0.6) is 0 Å². The van der Waals surface area contributed by atoms with E-state index in [4.69, 9.17) is 4.74 Å². The van der Waals surface area contributed by atoms with Crippen molar-refractivity contribution in [2.24, 2.45) is 5.92 Å². The molecule has 2 aromatic rings. The Kier molecular flexibility index (Phi) is 5.68. The van der Waals surface area contributed by atoms with Crippen LogP contribution in [0.4, 0.5) is 0 Å². The van der Waals surface area contributed by atoms with Gasteiger partial charge in [0, 0.05) is 13.1 Å². The average molecular weight is 396 g/mol. The third-order valence-corrected chi connectivity index (χ3v) is 5.89. The topological polar surface area (TPSA) is 124 Å². The Morgan fingerprint density at radius 2 is 1.89 bits per heavy atom. The SMILES string of the molecule is CC(C)CC(NS(=O)(=O)c1ccc2[nH]c(=O)[nH]c2c1)C(=O)N1CCOCC1. The van der Waals surface area contributed by atoms with Gasteiger partial charge in [0.05, 0.1) is 29.1 Å². The minimum absolute atomic E-state index is 0.00576. The van der Waals surface area contributed by atoms with Gasteiger partial charge in [0.15, 0.2) is 0 Å². The van der Waals surface area contributed by atoms with Crippen molar-refractivity contribution in [3.05, 3.63) is 28.7 Å². The van der Waals surface area contributed by atoms with Crippen LogP contribution in [-0.4, -0.2) is 61.5 Å². The fourth-order valence-electron chi connectivity index (χ4n) is 3.11. The molecule has 1 aliphatic rings. The molecule has 1 saturated heterocycles. The highest BCUT2D eigenvalue weighted by Crippen LogP contribution is 2.17. The second-order valence-electron chi connectivity index (χ2n) is 7.03. The molecule has 0 radical (unpaired) electrons. The molecule has 1 aromatic heterocycles. The van der Waals surface area contributed by atoms with E-state index in [1.54, 1.807) is 4.90 Å². The summed E-state index contributed by atoms with van der Waals surface area (Å²) in [5.74, 6) is -0.113. The minimum atomic E-state index is -3.94. The summed E-state index contributed by atoms with van der Waals surface area (Å²) >= 11 is 0. The van der Waals surface area contributed by atoms with Crippen molar-refractivity contribution >= 4 is 27.0 Å². The van der Waals surface area contributed by atoms with E-state index in [2.05, 4.69) is 14.7 Å². The summed E-state index contributed by atoms with van der Waals surface area (Å²) in [6.07, 6.45) is 0.388. The lowest BCUT2D eigenvalue weighted by Crippen LogP contribution is -2.52. The van der Waals surface area contributed by atoms with Crippen molar-refractivity contribution in [1.29, 1.82) is 0 Å². The zero-order valence-electron chi connectivity index (χ0n) is 15.3. The fourth-order valence-corrected chi connectivity index (χ4v) is 4.34. The number of H-pyrrole nitrogens is 2. The van der Waals surface area contributed by atoms with Gasteiger partial charge < -0.3 is 19.6 Å². The molecule has 1 aromatic carbocycles. The van der Waals surface area contributed by atoms with E-state index < -0.39 is 21.8 Å². The van der Waals surface area contributed by atoms with Gasteiger partial charge >= 0.3 is 5.69 Å². The molecule has 0 spiro atoms. The molecule has 1 fully saturated rings. The number of ether oxygens (including phenoxy) is 1. The van der Waals surface area contributed by atoms with Crippen LogP contribution >= 0.6 is 0 Å². The summed E-state index contributed by atoms with van der Waals surface area (Å²) in [4.78, 5) is 31.0. The lowest BCUT2D eigenvalue weighted by atomic mass is 10.0. The summed E-state index contributed by atoms with van der Waals surface area (Å²) in [5, 5.41) is 0. The number of imidazole rings is 1. The highest BCUT2D eigenvalue weighted by Gasteiger charge is 2.30. The van der Waals surface area contributed by atoms with Crippen LogP contribution in [0.3, 0.4) is 0 Å². The van der Waals surface area contributed by atoms with Crippen LogP contribution in [0, 0.1) is 5.92 Å². The van der Waals surface area contributed by atoms with E-state index in [0.29, 0.717) is 43.8 Å².